The molecule has 1 unspecified atom stereocenters. The Hall–Kier alpha value is -1.16. The summed E-state index contributed by atoms with van der Waals surface area (Å²) in [7, 11) is 0. The Labute approximate surface area is 96.3 Å². The number of carbonyl (C=O) groups is 2. The van der Waals surface area contributed by atoms with Crippen molar-refractivity contribution in [1.29, 1.82) is 0 Å². The van der Waals surface area contributed by atoms with Gasteiger partial charge in [-0.3, -0.25) is 9.59 Å². The number of ether oxygens (including phenoxy) is 1. The van der Waals surface area contributed by atoms with E-state index >= 15 is 0 Å². The largest absolute Gasteiger partial charge is 0.462 e. The average molecular weight is 228 g/mol. The van der Waals surface area contributed by atoms with Crippen LogP contribution in [-0.4, -0.2) is 29.6 Å². The van der Waals surface area contributed by atoms with Crippen LogP contribution in [0.1, 0.15) is 34.1 Å². The molecule has 0 aliphatic carbocycles. The molecule has 0 aromatic rings. The van der Waals surface area contributed by atoms with Gasteiger partial charge in [0, 0.05) is 0 Å². The zero-order valence-corrected chi connectivity index (χ0v) is 10.4. The fraction of sp³-hybridized carbons (Fsp3) is 0.667. The Morgan fingerprint density at radius 1 is 1.44 bits per heavy atom. The molecule has 92 valence electrons. The molecule has 0 amide bonds. The van der Waals surface area contributed by atoms with Crippen LogP contribution in [0.3, 0.4) is 0 Å². The Bertz CT molecular complexity index is 291. The van der Waals surface area contributed by atoms with E-state index < -0.39 is 23.3 Å². The van der Waals surface area contributed by atoms with Gasteiger partial charge in [0.15, 0.2) is 11.9 Å². The predicted octanol–water partition coefficient (Wildman–Crippen LogP) is 1.47. The molecule has 16 heavy (non-hydrogen) atoms. The highest BCUT2D eigenvalue weighted by molar-refractivity contribution is 5.97. The number of rotatable bonds is 6. The molecule has 0 bridgehead atoms. The molecule has 4 nitrogen and oxygen atoms in total. The van der Waals surface area contributed by atoms with Gasteiger partial charge in [-0.1, -0.05) is 13.5 Å². The maximum absolute atomic E-state index is 11.5. The lowest BCUT2D eigenvalue weighted by Gasteiger charge is -2.21. The van der Waals surface area contributed by atoms with E-state index in [-0.39, 0.29) is 12.2 Å². The van der Waals surface area contributed by atoms with E-state index in [0.29, 0.717) is 6.42 Å². The van der Waals surface area contributed by atoms with E-state index in [0.717, 1.165) is 0 Å². The first-order valence-electron chi connectivity index (χ1n) is 5.27. The molecular weight excluding hydrogens is 208 g/mol. The number of esters is 1. The van der Waals surface area contributed by atoms with Crippen LogP contribution < -0.4 is 0 Å². The third kappa shape index (κ3) is 4.14. The van der Waals surface area contributed by atoms with Crippen LogP contribution in [0.4, 0.5) is 0 Å². The fourth-order valence-electron chi connectivity index (χ4n) is 0.854. The standard InChI is InChI=1S/C12H20O4/c1-6-12(4,5)11(15)16-7-9(13)10(14)8(2)3/h9,13H,2,6-7H2,1,3-5H3. The molecule has 0 saturated heterocycles. The first-order valence-corrected chi connectivity index (χ1v) is 5.27. The van der Waals surface area contributed by atoms with E-state index in [4.69, 9.17) is 4.74 Å². The topological polar surface area (TPSA) is 63.6 Å². The van der Waals surface area contributed by atoms with Gasteiger partial charge in [-0.2, -0.15) is 0 Å². The van der Waals surface area contributed by atoms with E-state index in [1.807, 2.05) is 6.92 Å². The molecule has 0 spiro atoms. The van der Waals surface area contributed by atoms with Crippen molar-refractivity contribution in [3.63, 3.8) is 0 Å². The van der Waals surface area contributed by atoms with Crippen LogP contribution >= 0.6 is 0 Å². The molecule has 1 N–H and O–H groups in total. The van der Waals surface area contributed by atoms with Crippen LogP contribution in [0.15, 0.2) is 12.2 Å². The molecular formula is C12H20O4. The molecule has 4 heteroatoms. The number of hydrogen-bond acceptors (Lipinski definition) is 4. The molecule has 0 rings (SSSR count). The highest BCUT2D eigenvalue weighted by Crippen LogP contribution is 2.21. The quantitative estimate of drug-likeness (QED) is 0.552. The van der Waals surface area contributed by atoms with Gasteiger partial charge in [0.05, 0.1) is 5.41 Å². The van der Waals surface area contributed by atoms with Crippen molar-refractivity contribution in [2.24, 2.45) is 5.41 Å². The summed E-state index contributed by atoms with van der Waals surface area (Å²) < 4.78 is 4.88. The van der Waals surface area contributed by atoms with Gasteiger partial charge in [-0.05, 0) is 32.8 Å². The summed E-state index contributed by atoms with van der Waals surface area (Å²) in [5, 5.41) is 9.39. The van der Waals surface area contributed by atoms with Crippen molar-refractivity contribution in [1.82, 2.24) is 0 Å². The molecule has 1 atom stereocenters. The van der Waals surface area contributed by atoms with Gasteiger partial charge < -0.3 is 9.84 Å². The average Bonchev–Trinajstić information content (AvgIpc) is 2.23. The van der Waals surface area contributed by atoms with Crippen molar-refractivity contribution in [2.45, 2.75) is 40.2 Å². The second-order valence-electron chi connectivity index (χ2n) is 4.50. The zero-order chi connectivity index (χ0) is 12.9. The summed E-state index contributed by atoms with van der Waals surface area (Å²) >= 11 is 0. The van der Waals surface area contributed by atoms with Crippen LogP contribution in [0, 0.1) is 5.41 Å². The number of Topliss-reactive ketones (excluding diaryl/α,β-unsaturated/α-hetero) is 1. The van der Waals surface area contributed by atoms with Crippen molar-refractivity contribution in [3.05, 3.63) is 12.2 Å². The Balaban J connectivity index is 4.22. The van der Waals surface area contributed by atoms with Gasteiger partial charge >= 0.3 is 5.97 Å². The number of ketones is 1. The third-order valence-corrected chi connectivity index (χ3v) is 2.53. The molecule has 0 fully saturated rings. The summed E-state index contributed by atoms with van der Waals surface area (Å²) in [5.74, 6) is -0.911. The lowest BCUT2D eigenvalue weighted by Crippen LogP contribution is -2.32. The van der Waals surface area contributed by atoms with E-state index in [1.54, 1.807) is 13.8 Å². The summed E-state index contributed by atoms with van der Waals surface area (Å²) in [6.45, 7) is 9.99. The van der Waals surface area contributed by atoms with Gasteiger partial charge in [0.25, 0.3) is 0 Å². The lowest BCUT2D eigenvalue weighted by molar-refractivity contribution is -0.158. The van der Waals surface area contributed by atoms with Crippen molar-refractivity contribution < 1.29 is 19.4 Å². The van der Waals surface area contributed by atoms with Gasteiger partial charge in [-0.25, -0.2) is 0 Å². The van der Waals surface area contributed by atoms with Gasteiger partial charge in [-0.15, -0.1) is 0 Å². The minimum absolute atomic E-state index is 0.248. The van der Waals surface area contributed by atoms with E-state index in [9.17, 15) is 14.7 Å². The Morgan fingerprint density at radius 3 is 2.31 bits per heavy atom. The number of aliphatic hydroxyl groups is 1. The smallest absolute Gasteiger partial charge is 0.311 e. The normalized spacial score (nSPS) is 13.1. The molecule has 0 aliphatic rings. The van der Waals surface area contributed by atoms with Crippen LogP contribution in [-0.2, 0) is 14.3 Å². The van der Waals surface area contributed by atoms with E-state index in [2.05, 4.69) is 6.58 Å². The molecule has 0 aromatic carbocycles. The maximum atomic E-state index is 11.5. The zero-order valence-electron chi connectivity index (χ0n) is 10.4. The number of hydrogen-bond donors (Lipinski definition) is 1. The first kappa shape index (κ1) is 14.8. The maximum Gasteiger partial charge on any atom is 0.311 e. The van der Waals surface area contributed by atoms with Crippen molar-refractivity contribution >= 4 is 11.8 Å². The molecule has 0 aliphatic heterocycles. The van der Waals surface area contributed by atoms with Gasteiger partial charge in [0.2, 0.25) is 0 Å². The summed E-state index contributed by atoms with van der Waals surface area (Å²) in [5.41, 5.74) is -0.343. The SMILES string of the molecule is C=C(C)C(=O)C(O)COC(=O)C(C)(C)CC. The fourth-order valence-corrected chi connectivity index (χ4v) is 0.854. The highest BCUT2D eigenvalue weighted by atomic mass is 16.5. The lowest BCUT2D eigenvalue weighted by atomic mass is 9.91. The molecule has 0 heterocycles. The summed E-state index contributed by atoms with van der Waals surface area (Å²) in [6, 6.07) is 0. The van der Waals surface area contributed by atoms with Gasteiger partial charge in [0.1, 0.15) is 6.61 Å². The summed E-state index contributed by atoms with van der Waals surface area (Å²) in [4.78, 5) is 22.8. The monoisotopic (exact) mass is 228 g/mol. The summed E-state index contributed by atoms with van der Waals surface area (Å²) in [6.07, 6.45) is -0.676. The number of aliphatic hydroxyl groups excluding tert-OH is 1. The molecule has 0 saturated carbocycles. The molecule has 0 radical (unpaired) electrons. The van der Waals surface area contributed by atoms with Crippen LogP contribution in [0.25, 0.3) is 0 Å². The number of carbonyl (C=O) groups excluding carboxylic acids is 2. The third-order valence-electron chi connectivity index (χ3n) is 2.53. The molecule has 0 aromatic heterocycles. The van der Waals surface area contributed by atoms with Crippen molar-refractivity contribution in [2.75, 3.05) is 6.61 Å². The predicted molar refractivity (Wildman–Crippen MR) is 60.9 cm³/mol. The van der Waals surface area contributed by atoms with Crippen molar-refractivity contribution in [3.8, 4) is 0 Å². The Morgan fingerprint density at radius 2 is 1.94 bits per heavy atom. The second-order valence-corrected chi connectivity index (χ2v) is 4.50. The van der Waals surface area contributed by atoms with E-state index in [1.165, 1.54) is 6.92 Å². The second kappa shape index (κ2) is 5.80. The minimum Gasteiger partial charge on any atom is -0.462 e. The highest BCUT2D eigenvalue weighted by Gasteiger charge is 2.28. The van der Waals surface area contributed by atoms with Crippen LogP contribution in [0.2, 0.25) is 0 Å². The minimum atomic E-state index is -1.31. The Kier molecular flexibility index (Phi) is 5.38. The first-order chi connectivity index (χ1) is 7.22. The van der Waals surface area contributed by atoms with Crippen LogP contribution in [0.5, 0.6) is 0 Å².